The van der Waals surface area contributed by atoms with Gasteiger partial charge in [-0.2, -0.15) is 0 Å². The molecule has 2 atom stereocenters. The molecule has 1 heterocycles. The molecule has 120 valence electrons. The Kier molecular flexibility index (Phi) is 4.14. The van der Waals surface area contributed by atoms with Gasteiger partial charge in [0.25, 0.3) is 0 Å². The van der Waals surface area contributed by atoms with Crippen LogP contribution in [0.2, 0.25) is 0 Å². The number of fused-ring (bicyclic) bond motifs is 1. The molecule has 0 bridgehead atoms. The minimum Gasteiger partial charge on any atom is -0.465 e. The number of esters is 1. The third-order valence-electron chi connectivity index (χ3n) is 4.18. The summed E-state index contributed by atoms with van der Waals surface area (Å²) in [6.07, 6.45) is 0. The second-order valence-corrected chi connectivity index (χ2v) is 8.01. The van der Waals surface area contributed by atoms with Gasteiger partial charge in [0.2, 0.25) is 0 Å². The molecule has 23 heavy (non-hydrogen) atoms. The molecule has 0 unspecified atom stereocenters. The minimum absolute atomic E-state index is 0.189. The number of halogens is 2. The normalized spacial score (nSPS) is 23.0. The molecular formula is C17H14BrFO3S. The maximum absolute atomic E-state index is 13.7. The highest BCUT2D eigenvalue weighted by Gasteiger charge is 2.57. The Morgan fingerprint density at radius 1 is 1.43 bits per heavy atom. The van der Waals surface area contributed by atoms with Gasteiger partial charge in [-0.3, -0.25) is 9.59 Å². The average Bonchev–Trinajstić information content (AvgIpc) is 2.96. The van der Waals surface area contributed by atoms with Crippen molar-refractivity contribution < 1.29 is 18.7 Å². The van der Waals surface area contributed by atoms with Crippen LogP contribution in [0.4, 0.5) is 4.39 Å². The third kappa shape index (κ3) is 2.44. The van der Waals surface area contributed by atoms with Crippen LogP contribution >= 0.6 is 27.3 Å². The molecule has 3 rings (SSSR count). The lowest BCUT2D eigenvalue weighted by Gasteiger charge is -2.28. The third-order valence-corrected chi connectivity index (χ3v) is 5.83. The van der Waals surface area contributed by atoms with Crippen molar-refractivity contribution in [3.63, 3.8) is 0 Å². The molecule has 0 radical (unpaired) electrons. The van der Waals surface area contributed by atoms with Crippen LogP contribution in [0.5, 0.6) is 0 Å². The van der Waals surface area contributed by atoms with Crippen molar-refractivity contribution in [2.24, 2.45) is 5.41 Å². The number of benzene rings is 1. The second kappa shape index (κ2) is 5.83. The Hall–Kier alpha value is -1.53. The number of rotatable bonds is 3. The average molecular weight is 397 g/mol. The van der Waals surface area contributed by atoms with E-state index in [2.05, 4.69) is 15.9 Å². The van der Waals surface area contributed by atoms with E-state index in [0.717, 1.165) is 9.35 Å². The van der Waals surface area contributed by atoms with Gasteiger partial charge >= 0.3 is 5.97 Å². The highest BCUT2D eigenvalue weighted by Crippen LogP contribution is 2.54. The van der Waals surface area contributed by atoms with Crippen molar-refractivity contribution in [1.82, 2.24) is 0 Å². The SMILES string of the molecule is CCOC(=O)[C@@]1(C)C(=O)c2sc(Br)cc2[C@H]1c1cccc(F)c1. The molecule has 0 N–H and O–H groups in total. The van der Waals surface area contributed by atoms with Crippen molar-refractivity contribution in [2.45, 2.75) is 19.8 Å². The van der Waals surface area contributed by atoms with Crippen molar-refractivity contribution in [3.05, 3.63) is 55.9 Å². The molecule has 2 aromatic rings. The van der Waals surface area contributed by atoms with Crippen LogP contribution in [0.1, 0.15) is 40.6 Å². The summed E-state index contributed by atoms with van der Waals surface area (Å²) >= 11 is 4.67. The fraction of sp³-hybridized carbons (Fsp3) is 0.294. The van der Waals surface area contributed by atoms with Gasteiger partial charge in [0, 0.05) is 5.92 Å². The summed E-state index contributed by atoms with van der Waals surface area (Å²) < 4.78 is 19.7. The molecule has 1 aromatic heterocycles. The van der Waals surface area contributed by atoms with Crippen molar-refractivity contribution >= 4 is 39.0 Å². The molecule has 0 spiro atoms. The van der Waals surface area contributed by atoms with Gasteiger partial charge in [-0.1, -0.05) is 12.1 Å². The first-order valence-electron chi connectivity index (χ1n) is 7.16. The summed E-state index contributed by atoms with van der Waals surface area (Å²) in [7, 11) is 0. The van der Waals surface area contributed by atoms with Gasteiger partial charge in [0.1, 0.15) is 11.2 Å². The predicted molar refractivity (Wildman–Crippen MR) is 89.3 cm³/mol. The maximum atomic E-state index is 13.7. The summed E-state index contributed by atoms with van der Waals surface area (Å²) in [6, 6.07) is 7.86. The van der Waals surface area contributed by atoms with Gasteiger partial charge in [-0.25, -0.2) is 4.39 Å². The minimum atomic E-state index is -1.37. The molecule has 0 aliphatic heterocycles. The first-order chi connectivity index (χ1) is 10.9. The summed E-state index contributed by atoms with van der Waals surface area (Å²) in [4.78, 5) is 26.0. The zero-order valence-electron chi connectivity index (χ0n) is 12.6. The van der Waals surface area contributed by atoms with Gasteiger partial charge in [0.15, 0.2) is 5.78 Å². The number of thiophene rings is 1. The molecule has 0 fully saturated rings. The standard InChI is InChI=1S/C17H14BrFO3S/c1-3-22-16(21)17(2)13(9-5-4-6-10(19)7-9)11-8-12(18)23-14(11)15(17)20/h4-8,13H,3H2,1-2H3/t13-,17-/m1/s1. The smallest absolute Gasteiger partial charge is 0.320 e. The largest absolute Gasteiger partial charge is 0.465 e. The Bertz CT molecular complexity index is 801. The van der Waals surface area contributed by atoms with Crippen LogP contribution in [0.15, 0.2) is 34.1 Å². The Morgan fingerprint density at radius 2 is 2.17 bits per heavy atom. The quantitative estimate of drug-likeness (QED) is 0.564. The Morgan fingerprint density at radius 3 is 2.83 bits per heavy atom. The number of ether oxygens (including phenoxy) is 1. The molecule has 0 saturated heterocycles. The molecule has 1 aromatic carbocycles. The van der Waals surface area contributed by atoms with E-state index < -0.39 is 23.1 Å². The first-order valence-corrected chi connectivity index (χ1v) is 8.77. The van der Waals surface area contributed by atoms with E-state index in [9.17, 15) is 14.0 Å². The van der Waals surface area contributed by atoms with E-state index in [1.807, 2.05) is 6.07 Å². The van der Waals surface area contributed by atoms with Crippen LogP contribution in [-0.2, 0) is 9.53 Å². The molecule has 1 aliphatic carbocycles. The highest BCUT2D eigenvalue weighted by molar-refractivity contribution is 9.11. The molecular weight excluding hydrogens is 383 g/mol. The van der Waals surface area contributed by atoms with E-state index in [1.165, 1.54) is 23.5 Å². The Labute approximate surface area is 145 Å². The van der Waals surface area contributed by atoms with Crippen molar-refractivity contribution in [2.75, 3.05) is 6.61 Å². The van der Waals surface area contributed by atoms with E-state index in [1.54, 1.807) is 26.0 Å². The number of carbonyl (C=O) groups excluding carboxylic acids is 2. The van der Waals surface area contributed by atoms with Gasteiger partial charge in [0.05, 0.1) is 15.3 Å². The topological polar surface area (TPSA) is 43.4 Å². The lowest BCUT2D eigenvalue weighted by Crippen LogP contribution is -2.39. The summed E-state index contributed by atoms with van der Waals surface area (Å²) in [5.74, 6) is -1.79. The number of carbonyl (C=O) groups is 2. The van der Waals surface area contributed by atoms with E-state index in [-0.39, 0.29) is 12.4 Å². The van der Waals surface area contributed by atoms with Gasteiger partial charge < -0.3 is 4.74 Å². The first kappa shape index (κ1) is 16.3. The number of hydrogen-bond acceptors (Lipinski definition) is 4. The van der Waals surface area contributed by atoms with Crippen molar-refractivity contribution in [1.29, 1.82) is 0 Å². The van der Waals surface area contributed by atoms with Gasteiger partial charge in [-0.15, -0.1) is 11.3 Å². The fourth-order valence-electron chi connectivity index (χ4n) is 3.13. The van der Waals surface area contributed by atoms with E-state index >= 15 is 0 Å². The lowest BCUT2D eigenvalue weighted by molar-refractivity contribution is -0.151. The second-order valence-electron chi connectivity index (χ2n) is 5.57. The molecule has 3 nitrogen and oxygen atoms in total. The van der Waals surface area contributed by atoms with Gasteiger partial charge in [-0.05, 0) is 59.1 Å². The number of Topliss-reactive ketones (excluding diaryl/α,β-unsaturated/α-hetero) is 1. The predicted octanol–water partition coefficient (Wildman–Crippen LogP) is 4.55. The number of hydrogen-bond donors (Lipinski definition) is 0. The molecule has 6 heteroatoms. The zero-order chi connectivity index (χ0) is 16.8. The highest BCUT2D eigenvalue weighted by atomic mass is 79.9. The van der Waals surface area contributed by atoms with Crippen LogP contribution in [0, 0.1) is 11.2 Å². The molecule has 0 amide bonds. The van der Waals surface area contributed by atoms with Crippen LogP contribution in [0.3, 0.4) is 0 Å². The Balaban J connectivity index is 2.21. The monoisotopic (exact) mass is 396 g/mol. The maximum Gasteiger partial charge on any atom is 0.320 e. The van der Waals surface area contributed by atoms with Crippen LogP contribution < -0.4 is 0 Å². The molecule has 1 aliphatic rings. The van der Waals surface area contributed by atoms with E-state index in [0.29, 0.717) is 10.4 Å². The molecule has 0 saturated carbocycles. The number of ketones is 1. The van der Waals surface area contributed by atoms with Crippen molar-refractivity contribution in [3.8, 4) is 0 Å². The zero-order valence-corrected chi connectivity index (χ0v) is 15.0. The van der Waals surface area contributed by atoms with Crippen LogP contribution in [0.25, 0.3) is 0 Å². The summed E-state index contributed by atoms with van der Waals surface area (Å²) in [5, 5.41) is 0. The van der Waals surface area contributed by atoms with Crippen LogP contribution in [-0.4, -0.2) is 18.4 Å². The lowest BCUT2D eigenvalue weighted by atomic mass is 9.73. The fourth-order valence-corrected chi connectivity index (χ4v) is 4.85. The summed E-state index contributed by atoms with van der Waals surface area (Å²) in [5.41, 5.74) is -0.0305. The summed E-state index contributed by atoms with van der Waals surface area (Å²) in [6.45, 7) is 3.47. The van der Waals surface area contributed by atoms with E-state index in [4.69, 9.17) is 4.74 Å².